The molecule has 2 rings (SSSR count). The van der Waals surface area contributed by atoms with Gasteiger partial charge in [0.15, 0.2) is 0 Å². The van der Waals surface area contributed by atoms with E-state index in [0.29, 0.717) is 6.04 Å². The molecule has 2 heterocycles. The minimum Gasteiger partial charge on any atom is -0.384 e. The van der Waals surface area contributed by atoms with Crippen LogP contribution in [0.2, 0.25) is 0 Å². The van der Waals surface area contributed by atoms with Gasteiger partial charge < -0.3 is 10.6 Å². The maximum absolute atomic E-state index is 7.59. The van der Waals surface area contributed by atoms with E-state index in [1.165, 1.54) is 12.8 Å². The molecule has 1 aromatic heterocycles. The first kappa shape index (κ1) is 10.9. The molecule has 1 aliphatic rings. The van der Waals surface area contributed by atoms with Crippen LogP contribution in [0.1, 0.15) is 31.7 Å². The quantitative estimate of drug-likeness (QED) is 0.600. The molecule has 0 aromatic carbocycles. The van der Waals surface area contributed by atoms with Crippen molar-refractivity contribution in [2.45, 2.75) is 32.2 Å². The fourth-order valence-electron chi connectivity index (χ4n) is 2.42. The molecule has 1 atom stereocenters. The molecule has 1 unspecified atom stereocenters. The number of nitrogen functional groups attached to an aromatic ring is 1. The summed E-state index contributed by atoms with van der Waals surface area (Å²) in [6, 6.07) is 2.39. The Balaban J connectivity index is 2.35. The Morgan fingerprint density at radius 3 is 3.19 bits per heavy atom. The van der Waals surface area contributed by atoms with Crippen LogP contribution < -0.4 is 10.6 Å². The van der Waals surface area contributed by atoms with Crippen LogP contribution in [0.5, 0.6) is 0 Å². The molecule has 0 spiro atoms. The van der Waals surface area contributed by atoms with E-state index < -0.39 is 0 Å². The number of amidine groups is 1. The van der Waals surface area contributed by atoms with Gasteiger partial charge in [-0.1, -0.05) is 6.92 Å². The molecule has 1 aliphatic heterocycles. The van der Waals surface area contributed by atoms with Gasteiger partial charge in [0.25, 0.3) is 0 Å². The van der Waals surface area contributed by atoms with Gasteiger partial charge in [-0.05, 0) is 25.3 Å². The van der Waals surface area contributed by atoms with Gasteiger partial charge in [0.05, 0.1) is 11.9 Å². The minimum absolute atomic E-state index is 0.124. The van der Waals surface area contributed by atoms with Crippen LogP contribution in [0.4, 0.5) is 5.69 Å². The topological polar surface area (TPSA) is 66.0 Å². The van der Waals surface area contributed by atoms with Crippen molar-refractivity contribution in [2.75, 3.05) is 11.4 Å². The van der Waals surface area contributed by atoms with Gasteiger partial charge in [-0.2, -0.15) is 0 Å². The van der Waals surface area contributed by atoms with E-state index in [0.717, 1.165) is 24.2 Å². The summed E-state index contributed by atoms with van der Waals surface area (Å²) >= 11 is 0. The number of rotatable bonds is 3. The molecule has 0 bridgehead atoms. The summed E-state index contributed by atoms with van der Waals surface area (Å²) in [6.07, 6.45) is 7.09. The molecule has 3 N–H and O–H groups in total. The Kier molecular flexibility index (Phi) is 3.08. The summed E-state index contributed by atoms with van der Waals surface area (Å²) in [7, 11) is 0. The Morgan fingerprint density at radius 2 is 2.50 bits per heavy atom. The number of hydrogen-bond acceptors (Lipinski definition) is 3. The lowest BCUT2D eigenvalue weighted by Crippen LogP contribution is -2.31. The molecule has 86 valence electrons. The summed E-state index contributed by atoms with van der Waals surface area (Å²) in [4.78, 5) is 6.48. The van der Waals surface area contributed by atoms with E-state index in [2.05, 4.69) is 16.8 Å². The molecule has 1 aromatic rings. The average molecular weight is 218 g/mol. The van der Waals surface area contributed by atoms with Crippen molar-refractivity contribution in [3.63, 3.8) is 0 Å². The van der Waals surface area contributed by atoms with Gasteiger partial charge in [0.2, 0.25) is 0 Å². The lowest BCUT2D eigenvalue weighted by atomic mass is 10.1. The van der Waals surface area contributed by atoms with E-state index in [1.807, 2.05) is 12.3 Å². The molecule has 1 fully saturated rings. The predicted octanol–water partition coefficient (Wildman–Crippen LogP) is 1.74. The average Bonchev–Trinajstić information content (AvgIpc) is 2.76. The normalized spacial score (nSPS) is 20.1. The van der Waals surface area contributed by atoms with E-state index in [4.69, 9.17) is 11.1 Å². The second kappa shape index (κ2) is 4.51. The maximum atomic E-state index is 7.59. The zero-order valence-corrected chi connectivity index (χ0v) is 9.61. The van der Waals surface area contributed by atoms with Gasteiger partial charge >= 0.3 is 0 Å². The zero-order chi connectivity index (χ0) is 11.5. The molecule has 4 heteroatoms. The number of aromatic nitrogens is 1. The molecule has 1 saturated heterocycles. The monoisotopic (exact) mass is 218 g/mol. The first-order valence-electron chi connectivity index (χ1n) is 5.79. The molecule has 16 heavy (non-hydrogen) atoms. The van der Waals surface area contributed by atoms with E-state index in [-0.39, 0.29) is 5.84 Å². The molecule has 4 nitrogen and oxygen atoms in total. The molecule has 0 aliphatic carbocycles. The van der Waals surface area contributed by atoms with Gasteiger partial charge in [-0.25, -0.2) is 0 Å². The van der Waals surface area contributed by atoms with Crippen LogP contribution in [0, 0.1) is 5.41 Å². The molecular weight excluding hydrogens is 200 g/mol. The van der Waals surface area contributed by atoms with Crippen molar-refractivity contribution in [2.24, 2.45) is 5.73 Å². The standard InChI is InChI=1S/C12H18N4/c1-2-9-4-3-7-16(9)11-8-15-6-5-10(11)12(13)14/h5-6,8-9H,2-4,7H2,1H3,(H3,13,14). The van der Waals surface area contributed by atoms with Crippen LogP contribution >= 0.6 is 0 Å². The van der Waals surface area contributed by atoms with Crippen LogP contribution in [-0.2, 0) is 0 Å². The predicted molar refractivity (Wildman–Crippen MR) is 65.9 cm³/mol. The minimum atomic E-state index is 0.124. The Morgan fingerprint density at radius 1 is 1.69 bits per heavy atom. The fourth-order valence-corrected chi connectivity index (χ4v) is 2.42. The Bertz CT molecular complexity index is 388. The van der Waals surface area contributed by atoms with Crippen molar-refractivity contribution < 1.29 is 0 Å². The summed E-state index contributed by atoms with van der Waals surface area (Å²) in [6.45, 7) is 3.25. The number of nitrogens with zero attached hydrogens (tertiary/aromatic N) is 2. The lowest BCUT2D eigenvalue weighted by molar-refractivity contribution is 0.644. The first-order chi connectivity index (χ1) is 7.74. The van der Waals surface area contributed by atoms with E-state index >= 15 is 0 Å². The zero-order valence-electron chi connectivity index (χ0n) is 9.61. The third-order valence-electron chi connectivity index (χ3n) is 3.25. The number of pyridine rings is 1. The van der Waals surface area contributed by atoms with Crippen molar-refractivity contribution >= 4 is 11.5 Å². The molecule has 0 saturated carbocycles. The number of nitrogens with one attached hydrogen (secondary N) is 1. The van der Waals surface area contributed by atoms with Crippen LogP contribution in [0.15, 0.2) is 18.5 Å². The largest absolute Gasteiger partial charge is 0.384 e. The van der Waals surface area contributed by atoms with Crippen LogP contribution in [0.25, 0.3) is 0 Å². The molecule has 0 radical (unpaired) electrons. The van der Waals surface area contributed by atoms with Crippen molar-refractivity contribution in [3.8, 4) is 0 Å². The second-order valence-corrected chi connectivity index (χ2v) is 4.20. The highest BCUT2D eigenvalue weighted by Gasteiger charge is 2.25. The first-order valence-corrected chi connectivity index (χ1v) is 5.79. The summed E-state index contributed by atoms with van der Waals surface area (Å²) in [5, 5.41) is 7.59. The highest BCUT2D eigenvalue weighted by molar-refractivity contribution is 6.00. The molecular formula is C12H18N4. The SMILES string of the molecule is CCC1CCCN1c1cnccc1C(=N)N. The second-order valence-electron chi connectivity index (χ2n) is 4.20. The van der Waals surface area contributed by atoms with Crippen LogP contribution in [0.3, 0.4) is 0 Å². The number of hydrogen-bond donors (Lipinski definition) is 2. The van der Waals surface area contributed by atoms with Crippen molar-refractivity contribution in [1.29, 1.82) is 5.41 Å². The summed E-state index contributed by atoms with van der Waals surface area (Å²) in [5.41, 5.74) is 7.41. The van der Waals surface area contributed by atoms with E-state index in [1.54, 1.807) is 6.20 Å². The van der Waals surface area contributed by atoms with E-state index in [9.17, 15) is 0 Å². The lowest BCUT2D eigenvalue weighted by Gasteiger charge is -2.27. The number of nitrogens with two attached hydrogens (primary N) is 1. The third kappa shape index (κ3) is 1.87. The van der Waals surface area contributed by atoms with Crippen molar-refractivity contribution in [1.82, 2.24) is 4.98 Å². The van der Waals surface area contributed by atoms with Gasteiger partial charge in [-0.15, -0.1) is 0 Å². The highest BCUT2D eigenvalue weighted by atomic mass is 15.2. The number of anilines is 1. The van der Waals surface area contributed by atoms with Gasteiger partial charge in [-0.3, -0.25) is 10.4 Å². The van der Waals surface area contributed by atoms with Crippen LogP contribution in [-0.4, -0.2) is 23.4 Å². The van der Waals surface area contributed by atoms with Crippen molar-refractivity contribution in [3.05, 3.63) is 24.0 Å². The maximum Gasteiger partial charge on any atom is 0.125 e. The van der Waals surface area contributed by atoms with Gasteiger partial charge in [0.1, 0.15) is 5.84 Å². The summed E-state index contributed by atoms with van der Waals surface area (Å²) < 4.78 is 0. The third-order valence-corrected chi connectivity index (χ3v) is 3.25. The summed E-state index contributed by atoms with van der Waals surface area (Å²) in [5.74, 6) is 0.124. The Labute approximate surface area is 96.0 Å². The smallest absolute Gasteiger partial charge is 0.125 e. The fraction of sp³-hybridized carbons (Fsp3) is 0.500. The highest BCUT2D eigenvalue weighted by Crippen LogP contribution is 2.29. The molecule has 0 amide bonds. The Hall–Kier alpha value is -1.58. The van der Waals surface area contributed by atoms with Gasteiger partial charge in [0, 0.05) is 24.3 Å².